The number of carbonyl (C=O) groups is 2. The van der Waals surface area contributed by atoms with E-state index in [0.717, 1.165) is 38.9 Å². The van der Waals surface area contributed by atoms with Gasteiger partial charge in [-0.15, -0.1) is 0 Å². The standard InChI is InChI=1S/C26H35Cl2N3O2.C2HF3O2/c1-26(2,3)24(30-25(32)29-22-7-5-6-8-23(22)33-4)17-31-13-11-18(12-14-31)15-19-9-10-20(27)21(28)16-19;3-2(4,5)1(6)7/h5-10,16,18,24H,11-15,17H2,1-4H3,(H2,29,30,32);(H,6,7). The van der Waals surface area contributed by atoms with Gasteiger partial charge < -0.3 is 25.4 Å². The summed E-state index contributed by atoms with van der Waals surface area (Å²) < 4.78 is 37.1. The van der Waals surface area contributed by atoms with Gasteiger partial charge in [0.2, 0.25) is 0 Å². The van der Waals surface area contributed by atoms with Crippen molar-refractivity contribution in [2.75, 3.05) is 32.1 Å². The zero-order valence-corrected chi connectivity index (χ0v) is 24.5. The summed E-state index contributed by atoms with van der Waals surface area (Å²) in [5, 5.41) is 14.5. The molecule has 1 atom stereocenters. The van der Waals surface area contributed by atoms with Crippen molar-refractivity contribution in [2.24, 2.45) is 11.3 Å². The molecule has 0 spiro atoms. The number of nitrogens with one attached hydrogen (secondary N) is 2. The number of carboxylic acid groups (broad SMARTS) is 1. The van der Waals surface area contributed by atoms with Crippen LogP contribution in [0.5, 0.6) is 5.75 Å². The number of aliphatic carboxylic acids is 1. The fourth-order valence-electron chi connectivity index (χ4n) is 4.23. The minimum Gasteiger partial charge on any atom is -0.495 e. The van der Waals surface area contributed by atoms with Gasteiger partial charge in [-0.2, -0.15) is 13.2 Å². The van der Waals surface area contributed by atoms with E-state index in [-0.39, 0.29) is 17.5 Å². The third-order valence-electron chi connectivity index (χ3n) is 6.60. The monoisotopic (exact) mass is 605 g/mol. The van der Waals surface area contributed by atoms with Gasteiger partial charge in [0, 0.05) is 12.6 Å². The molecule has 1 heterocycles. The van der Waals surface area contributed by atoms with Crippen LogP contribution in [0.15, 0.2) is 42.5 Å². The molecular formula is C28H36Cl2F3N3O4. The first-order valence-corrected chi connectivity index (χ1v) is 13.5. The Balaban J connectivity index is 0.000000708. The van der Waals surface area contributed by atoms with Gasteiger partial charge in [0.15, 0.2) is 0 Å². The Labute approximate surface area is 243 Å². The van der Waals surface area contributed by atoms with Crippen LogP contribution >= 0.6 is 23.2 Å². The van der Waals surface area contributed by atoms with Gasteiger partial charge in [0.1, 0.15) is 5.75 Å². The van der Waals surface area contributed by atoms with Gasteiger partial charge in [0.25, 0.3) is 0 Å². The van der Waals surface area contributed by atoms with Gasteiger partial charge in [-0.1, -0.05) is 62.2 Å². The number of nitrogens with zero attached hydrogens (tertiary/aromatic N) is 1. The first-order chi connectivity index (χ1) is 18.6. The van der Waals surface area contributed by atoms with E-state index >= 15 is 0 Å². The highest BCUT2D eigenvalue weighted by Crippen LogP contribution is 2.28. The molecule has 40 heavy (non-hydrogen) atoms. The van der Waals surface area contributed by atoms with Crippen molar-refractivity contribution in [3.8, 4) is 5.75 Å². The number of likely N-dealkylation sites (tertiary alicyclic amines) is 1. The molecule has 2 amide bonds. The van der Waals surface area contributed by atoms with Crippen molar-refractivity contribution in [3.05, 3.63) is 58.1 Å². The molecule has 2 aromatic rings. The number of para-hydroxylation sites is 2. The van der Waals surface area contributed by atoms with Crippen LogP contribution in [0.2, 0.25) is 10.0 Å². The maximum absolute atomic E-state index is 12.8. The number of hydrogen-bond acceptors (Lipinski definition) is 4. The Morgan fingerprint density at radius 1 is 1.07 bits per heavy atom. The lowest BCUT2D eigenvalue weighted by atomic mass is 9.85. The number of anilines is 1. The van der Waals surface area contributed by atoms with E-state index in [1.165, 1.54) is 5.56 Å². The summed E-state index contributed by atoms with van der Waals surface area (Å²) in [4.78, 5) is 24.1. The second-order valence-corrected chi connectivity index (χ2v) is 11.5. The second-order valence-electron chi connectivity index (χ2n) is 10.7. The minimum absolute atomic E-state index is 0.0128. The molecule has 0 bridgehead atoms. The molecule has 12 heteroatoms. The summed E-state index contributed by atoms with van der Waals surface area (Å²) >= 11 is 12.2. The number of rotatable bonds is 7. The maximum atomic E-state index is 12.8. The topological polar surface area (TPSA) is 90.9 Å². The van der Waals surface area contributed by atoms with E-state index in [4.69, 9.17) is 37.8 Å². The van der Waals surface area contributed by atoms with Crippen LogP contribution in [0.4, 0.5) is 23.7 Å². The Kier molecular flexibility index (Phi) is 12.4. The lowest BCUT2D eigenvalue weighted by Gasteiger charge is -2.39. The molecule has 1 saturated heterocycles. The van der Waals surface area contributed by atoms with Gasteiger partial charge >= 0.3 is 18.2 Å². The third kappa shape index (κ3) is 11.1. The normalized spacial score (nSPS) is 15.4. The Morgan fingerprint density at radius 3 is 2.20 bits per heavy atom. The highest BCUT2D eigenvalue weighted by Gasteiger charge is 2.38. The lowest BCUT2D eigenvalue weighted by molar-refractivity contribution is -0.192. The average molecular weight is 607 g/mol. The predicted molar refractivity (Wildman–Crippen MR) is 151 cm³/mol. The van der Waals surface area contributed by atoms with Crippen LogP contribution in [0.3, 0.4) is 0 Å². The van der Waals surface area contributed by atoms with E-state index in [2.05, 4.69) is 42.4 Å². The first-order valence-electron chi connectivity index (χ1n) is 12.8. The molecule has 0 saturated carbocycles. The lowest BCUT2D eigenvalue weighted by Crippen LogP contribution is -2.53. The predicted octanol–water partition coefficient (Wildman–Crippen LogP) is 7.13. The van der Waals surface area contributed by atoms with Crippen molar-refractivity contribution in [1.29, 1.82) is 0 Å². The Bertz CT molecular complexity index is 1130. The number of amides is 2. The fourth-order valence-corrected chi connectivity index (χ4v) is 4.55. The number of piperidine rings is 1. The number of urea groups is 1. The van der Waals surface area contributed by atoms with Crippen molar-refractivity contribution in [3.63, 3.8) is 0 Å². The van der Waals surface area contributed by atoms with Gasteiger partial charge in [-0.25, -0.2) is 9.59 Å². The number of benzene rings is 2. The van der Waals surface area contributed by atoms with E-state index in [1.807, 2.05) is 36.4 Å². The SMILES string of the molecule is COc1ccccc1NC(=O)NC(CN1CCC(Cc2ccc(Cl)c(Cl)c2)CC1)C(C)(C)C.O=C(O)C(F)(F)F. The molecular weight excluding hydrogens is 570 g/mol. The molecule has 1 aliphatic heterocycles. The van der Waals surface area contributed by atoms with Crippen LogP contribution in [0.25, 0.3) is 0 Å². The molecule has 1 fully saturated rings. The molecule has 222 valence electrons. The van der Waals surface area contributed by atoms with Gasteiger partial charge in [-0.05, 0) is 73.5 Å². The van der Waals surface area contributed by atoms with Crippen LogP contribution in [-0.4, -0.2) is 61.0 Å². The molecule has 0 aliphatic carbocycles. The number of halogens is 5. The zero-order chi connectivity index (χ0) is 30.1. The van der Waals surface area contributed by atoms with E-state index in [0.29, 0.717) is 27.4 Å². The number of ether oxygens (including phenoxy) is 1. The van der Waals surface area contributed by atoms with Crippen molar-refractivity contribution in [2.45, 2.75) is 52.3 Å². The summed E-state index contributed by atoms with van der Waals surface area (Å²) in [5.41, 5.74) is 1.83. The Hall–Kier alpha value is -2.69. The molecule has 1 unspecified atom stereocenters. The van der Waals surface area contributed by atoms with E-state index < -0.39 is 12.1 Å². The quantitative estimate of drug-likeness (QED) is 0.312. The van der Waals surface area contributed by atoms with Crippen LogP contribution in [0.1, 0.15) is 39.2 Å². The fraction of sp³-hybridized carbons (Fsp3) is 0.500. The minimum atomic E-state index is -5.08. The zero-order valence-electron chi connectivity index (χ0n) is 22.9. The summed E-state index contributed by atoms with van der Waals surface area (Å²) in [6, 6.07) is 13.2. The molecule has 1 aliphatic rings. The smallest absolute Gasteiger partial charge is 0.490 e. The largest absolute Gasteiger partial charge is 0.495 e. The number of alkyl halides is 3. The molecule has 0 aromatic heterocycles. The second kappa shape index (κ2) is 14.8. The molecule has 3 N–H and O–H groups in total. The number of hydrogen-bond donors (Lipinski definition) is 3. The van der Waals surface area contributed by atoms with Crippen LogP contribution in [-0.2, 0) is 11.2 Å². The summed E-state index contributed by atoms with van der Waals surface area (Å²) in [6.07, 6.45) is -1.80. The Morgan fingerprint density at radius 2 is 1.68 bits per heavy atom. The summed E-state index contributed by atoms with van der Waals surface area (Å²) in [7, 11) is 1.60. The highest BCUT2D eigenvalue weighted by atomic mass is 35.5. The number of methoxy groups -OCH3 is 1. The van der Waals surface area contributed by atoms with Gasteiger partial charge in [0.05, 0.1) is 22.8 Å². The molecule has 3 rings (SSSR count). The van der Waals surface area contributed by atoms with Crippen LogP contribution < -0.4 is 15.4 Å². The van der Waals surface area contributed by atoms with E-state index in [1.54, 1.807) is 7.11 Å². The first kappa shape index (κ1) is 33.5. The average Bonchev–Trinajstić information content (AvgIpc) is 2.86. The molecule has 2 aromatic carbocycles. The van der Waals surface area contributed by atoms with Crippen molar-refractivity contribution in [1.82, 2.24) is 10.2 Å². The maximum Gasteiger partial charge on any atom is 0.490 e. The summed E-state index contributed by atoms with van der Waals surface area (Å²) in [5.74, 6) is -1.48. The number of carboxylic acids is 1. The summed E-state index contributed by atoms with van der Waals surface area (Å²) in [6.45, 7) is 9.36. The molecule has 7 nitrogen and oxygen atoms in total. The van der Waals surface area contributed by atoms with Crippen LogP contribution in [0, 0.1) is 11.3 Å². The van der Waals surface area contributed by atoms with Gasteiger partial charge in [-0.3, -0.25) is 0 Å². The number of carbonyl (C=O) groups excluding carboxylic acids is 1. The third-order valence-corrected chi connectivity index (χ3v) is 7.34. The van der Waals surface area contributed by atoms with Crippen molar-refractivity contribution >= 4 is 40.9 Å². The highest BCUT2D eigenvalue weighted by molar-refractivity contribution is 6.42. The molecule has 0 radical (unpaired) electrons. The van der Waals surface area contributed by atoms with E-state index in [9.17, 15) is 18.0 Å². The van der Waals surface area contributed by atoms with Crippen molar-refractivity contribution < 1.29 is 32.6 Å².